The van der Waals surface area contributed by atoms with E-state index in [4.69, 9.17) is 4.74 Å². The van der Waals surface area contributed by atoms with Gasteiger partial charge in [0.2, 0.25) is 0 Å². The lowest BCUT2D eigenvalue weighted by molar-refractivity contribution is -0.0834. The Hall–Kier alpha value is -1.00. The summed E-state index contributed by atoms with van der Waals surface area (Å²) in [4.78, 5) is 0. The standard InChI is InChI=1S/C17H25F2NO/c1-3-7-20-16(12-17(21-2)5-4-6-17)10-13-8-14(18)11-15(19)9-13/h8-9,11,16,20H,3-7,10,12H2,1-2H3. The summed E-state index contributed by atoms with van der Waals surface area (Å²) < 4.78 is 32.3. The van der Waals surface area contributed by atoms with Gasteiger partial charge in [-0.2, -0.15) is 0 Å². The van der Waals surface area contributed by atoms with Gasteiger partial charge in [0, 0.05) is 19.2 Å². The highest BCUT2D eigenvalue weighted by molar-refractivity contribution is 5.19. The molecule has 1 aromatic rings. The van der Waals surface area contributed by atoms with Crippen molar-refractivity contribution in [3.05, 3.63) is 35.4 Å². The van der Waals surface area contributed by atoms with Gasteiger partial charge in [0.1, 0.15) is 11.6 Å². The molecule has 0 aliphatic heterocycles. The van der Waals surface area contributed by atoms with Crippen LogP contribution in [0.15, 0.2) is 18.2 Å². The molecule has 0 aromatic heterocycles. The molecule has 1 fully saturated rings. The van der Waals surface area contributed by atoms with E-state index in [2.05, 4.69) is 12.2 Å². The maximum Gasteiger partial charge on any atom is 0.126 e. The lowest BCUT2D eigenvalue weighted by Gasteiger charge is -2.43. The number of rotatable bonds is 8. The molecule has 1 aliphatic rings. The molecule has 0 amide bonds. The van der Waals surface area contributed by atoms with Crippen LogP contribution in [-0.4, -0.2) is 25.3 Å². The van der Waals surface area contributed by atoms with E-state index in [0.29, 0.717) is 12.0 Å². The first kappa shape index (κ1) is 16.4. The molecular formula is C17H25F2NO. The molecule has 0 saturated heterocycles. The zero-order valence-electron chi connectivity index (χ0n) is 12.9. The Labute approximate surface area is 125 Å². The van der Waals surface area contributed by atoms with E-state index in [1.165, 1.54) is 18.6 Å². The number of hydrogen-bond acceptors (Lipinski definition) is 2. The van der Waals surface area contributed by atoms with Crippen LogP contribution >= 0.6 is 0 Å². The van der Waals surface area contributed by atoms with Crippen molar-refractivity contribution in [2.75, 3.05) is 13.7 Å². The van der Waals surface area contributed by atoms with Crippen molar-refractivity contribution >= 4 is 0 Å². The van der Waals surface area contributed by atoms with Gasteiger partial charge in [0.15, 0.2) is 0 Å². The van der Waals surface area contributed by atoms with E-state index in [9.17, 15) is 8.78 Å². The molecule has 1 N–H and O–H groups in total. The van der Waals surface area contributed by atoms with Gasteiger partial charge in [-0.15, -0.1) is 0 Å². The van der Waals surface area contributed by atoms with Crippen LogP contribution in [0.3, 0.4) is 0 Å². The van der Waals surface area contributed by atoms with Gasteiger partial charge < -0.3 is 10.1 Å². The largest absolute Gasteiger partial charge is 0.378 e. The van der Waals surface area contributed by atoms with Crippen LogP contribution in [0.1, 0.15) is 44.6 Å². The van der Waals surface area contributed by atoms with Crippen LogP contribution in [0.25, 0.3) is 0 Å². The van der Waals surface area contributed by atoms with Gasteiger partial charge in [-0.3, -0.25) is 0 Å². The highest BCUT2D eigenvalue weighted by Gasteiger charge is 2.38. The van der Waals surface area contributed by atoms with Crippen LogP contribution in [0.4, 0.5) is 8.78 Å². The van der Waals surface area contributed by atoms with Crippen LogP contribution in [0, 0.1) is 11.6 Å². The Morgan fingerprint density at radius 2 is 1.90 bits per heavy atom. The summed E-state index contributed by atoms with van der Waals surface area (Å²) in [5.41, 5.74) is 0.656. The zero-order chi connectivity index (χ0) is 15.3. The minimum Gasteiger partial charge on any atom is -0.378 e. The van der Waals surface area contributed by atoms with Crippen LogP contribution < -0.4 is 5.32 Å². The first-order valence-electron chi connectivity index (χ1n) is 7.80. The summed E-state index contributed by atoms with van der Waals surface area (Å²) in [5.74, 6) is -1.02. The van der Waals surface area contributed by atoms with E-state index in [1.54, 1.807) is 7.11 Å². The fourth-order valence-electron chi connectivity index (χ4n) is 3.09. The highest BCUT2D eigenvalue weighted by Crippen LogP contribution is 2.39. The fraction of sp³-hybridized carbons (Fsp3) is 0.647. The molecule has 0 radical (unpaired) electrons. The van der Waals surface area contributed by atoms with Crippen molar-refractivity contribution in [3.8, 4) is 0 Å². The monoisotopic (exact) mass is 297 g/mol. The number of ether oxygens (including phenoxy) is 1. The normalized spacial score (nSPS) is 18.3. The number of hydrogen-bond donors (Lipinski definition) is 1. The Bertz CT molecular complexity index is 434. The van der Waals surface area contributed by atoms with E-state index < -0.39 is 11.6 Å². The van der Waals surface area contributed by atoms with Gasteiger partial charge >= 0.3 is 0 Å². The van der Waals surface area contributed by atoms with Crippen molar-refractivity contribution in [2.24, 2.45) is 0 Å². The third-order valence-corrected chi connectivity index (χ3v) is 4.40. The second-order valence-electron chi connectivity index (χ2n) is 6.08. The number of benzene rings is 1. The lowest BCUT2D eigenvalue weighted by atomic mass is 9.75. The van der Waals surface area contributed by atoms with Gasteiger partial charge in [-0.1, -0.05) is 6.92 Å². The molecule has 0 heterocycles. The molecule has 1 aromatic carbocycles. The topological polar surface area (TPSA) is 21.3 Å². The molecule has 21 heavy (non-hydrogen) atoms. The van der Waals surface area contributed by atoms with Crippen molar-refractivity contribution in [1.29, 1.82) is 0 Å². The average Bonchev–Trinajstić information content (AvgIpc) is 2.38. The molecule has 2 nitrogen and oxygen atoms in total. The van der Waals surface area contributed by atoms with E-state index >= 15 is 0 Å². The maximum atomic E-state index is 13.3. The van der Waals surface area contributed by atoms with Crippen LogP contribution in [0.5, 0.6) is 0 Å². The number of nitrogens with one attached hydrogen (secondary N) is 1. The zero-order valence-corrected chi connectivity index (χ0v) is 12.9. The molecule has 1 atom stereocenters. The molecule has 0 spiro atoms. The second kappa shape index (κ2) is 7.32. The quantitative estimate of drug-likeness (QED) is 0.787. The van der Waals surface area contributed by atoms with E-state index in [0.717, 1.165) is 38.3 Å². The smallest absolute Gasteiger partial charge is 0.126 e. The van der Waals surface area contributed by atoms with E-state index in [1.807, 2.05) is 0 Å². The second-order valence-corrected chi connectivity index (χ2v) is 6.08. The minimum atomic E-state index is -0.510. The maximum absolute atomic E-state index is 13.3. The van der Waals surface area contributed by atoms with Gasteiger partial charge in [0.05, 0.1) is 5.60 Å². The Balaban J connectivity index is 2.04. The molecular weight excluding hydrogens is 272 g/mol. The SMILES string of the molecule is CCCNC(Cc1cc(F)cc(F)c1)CC1(OC)CCC1. The third kappa shape index (κ3) is 4.48. The third-order valence-electron chi connectivity index (χ3n) is 4.40. The summed E-state index contributed by atoms with van der Waals surface area (Å²) in [6, 6.07) is 3.94. The van der Waals surface area contributed by atoms with E-state index in [-0.39, 0.29) is 11.6 Å². The van der Waals surface area contributed by atoms with Crippen molar-refractivity contribution in [2.45, 2.75) is 57.1 Å². The molecule has 0 bridgehead atoms. The van der Waals surface area contributed by atoms with Crippen molar-refractivity contribution in [3.63, 3.8) is 0 Å². The fourth-order valence-corrected chi connectivity index (χ4v) is 3.09. The average molecular weight is 297 g/mol. The van der Waals surface area contributed by atoms with Crippen LogP contribution in [0.2, 0.25) is 0 Å². The molecule has 1 aliphatic carbocycles. The summed E-state index contributed by atoms with van der Waals surface area (Å²) in [6.07, 6.45) is 5.90. The van der Waals surface area contributed by atoms with Crippen molar-refractivity contribution in [1.82, 2.24) is 5.32 Å². The molecule has 2 rings (SSSR count). The Morgan fingerprint density at radius 1 is 1.24 bits per heavy atom. The predicted octanol–water partition coefficient (Wildman–Crippen LogP) is 3.83. The molecule has 1 unspecified atom stereocenters. The number of halogens is 2. The Kier molecular flexibility index (Phi) is 5.71. The number of methoxy groups -OCH3 is 1. The minimum absolute atomic E-state index is 0.0444. The van der Waals surface area contributed by atoms with Gasteiger partial charge in [0.25, 0.3) is 0 Å². The van der Waals surface area contributed by atoms with Crippen LogP contribution in [-0.2, 0) is 11.2 Å². The van der Waals surface area contributed by atoms with Gasteiger partial charge in [-0.25, -0.2) is 8.78 Å². The molecule has 1 saturated carbocycles. The van der Waals surface area contributed by atoms with Gasteiger partial charge in [-0.05, 0) is 62.8 Å². The lowest BCUT2D eigenvalue weighted by Crippen LogP contribution is -2.46. The first-order chi connectivity index (χ1) is 10.1. The summed E-state index contributed by atoms with van der Waals surface area (Å²) in [7, 11) is 1.76. The summed E-state index contributed by atoms with van der Waals surface area (Å²) in [5, 5.41) is 3.49. The molecule has 118 valence electrons. The molecule has 4 heteroatoms. The predicted molar refractivity (Wildman–Crippen MR) is 80.4 cm³/mol. The first-order valence-corrected chi connectivity index (χ1v) is 7.80. The highest BCUT2D eigenvalue weighted by atomic mass is 19.1. The van der Waals surface area contributed by atoms with Crippen molar-refractivity contribution < 1.29 is 13.5 Å². The summed E-state index contributed by atoms with van der Waals surface area (Å²) in [6.45, 7) is 3.02. The summed E-state index contributed by atoms with van der Waals surface area (Å²) >= 11 is 0. The Morgan fingerprint density at radius 3 is 2.38 bits per heavy atom.